The second-order valence-electron chi connectivity index (χ2n) is 10.8. The molecule has 2 unspecified atom stereocenters. The SMILES string of the molecule is COc1cccc(CN2CCCC(c3ccc(Cl)c(Cl)c3)C2CCN2CCC(O)(c3ccccc3)CC2)c1.Cl.Cl. The lowest BCUT2D eigenvalue weighted by molar-refractivity contribution is -0.0282. The van der Waals surface area contributed by atoms with Crippen molar-refractivity contribution in [2.75, 3.05) is 33.3 Å². The molecular weight excluding hydrogens is 586 g/mol. The van der Waals surface area contributed by atoms with Gasteiger partial charge in [0.25, 0.3) is 0 Å². The number of hydrogen-bond donors (Lipinski definition) is 1. The van der Waals surface area contributed by atoms with Gasteiger partial charge in [0.05, 0.1) is 22.8 Å². The third-order valence-electron chi connectivity index (χ3n) is 8.52. The highest BCUT2D eigenvalue weighted by Gasteiger charge is 2.36. The van der Waals surface area contributed by atoms with Crippen LogP contribution in [0, 0.1) is 0 Å². The Morgan fingerprint density at radius 1 is 0.900 bits per heavy atom. The molecule has 218 valence electrons. The van der Waals surface area contributed by atoms with Gasteiger partial charge in [-0.2, -0.15) is 0 Å². The zero-order valence-corrected chi connectivity index (χ0v) is 26.1. The monoisotopic (exact) mass is 624 g/mol. The van der Waals surface area contributed by atoms with Gasteiger partial charge in [-0.3, -0.25) is 4.90 Å². The number of halogens is 4. The Bertz CT molecular complexity index is 1200. The van der Waals surface area contributed by atoms with Crippen LogP contribution in [-0.4, -0.2) is 54.2 Å². The van der Waals surface area contributed by atoms with Crippen LogP contribution < -0.4 is 4.74 Å². The van der Waals surface area contributed by atoms with Crippen LogP contribution in [0.5, 0.6) is 5.75 Å². The molecule has 0 spiro atoms. The first-order valence-electron chi connectivity index (χ1n) is 13.8. The molecule has 0 aromatic heterocycles. The van der Waals surface area contributed by atoms with Gasteiger partial charge < -0.3 is 14.7 Å². The van der Waals surface area contributed by atoms with Crippen molar-refractivity contribution in [2.24, 2.45) is 0 Å². The first-order chi connectivity index (χ1) is 18.4. The fraction of sp³-hybridized carbons (Fsp3) is 0.438. The number of nitrogens with zero attached hydrogens (tertiary/aromatic N) is 2. The summed E-state index contributed by atoms with van der Waals surface area (Å²) in [5.41, 5.74) is 2.87. The number of methoxy groups -OCH3 is 1. The molecule has 3 aromatic carbocycles. The average Bonchev–Trinajstić information content (AvgIpc) is 2.95. The first kappa shape index (κ1) is 33.0. The van der Waals surface area contributed by atoms with Gasteiger partial charge in [-0.1, -0.05) is 71.7 Å². The van der Waals surface area contributed by atoms with E-state index in [2.05, 4.69) is 52.3 Å². The molecule has 3 aromatic rings. The highest BCUT2D eigenvalue weighted by molar-refractivity contribution is 6.42. The minimum atomic E-state index is -0.719. The van der Waals surface area contributed by atoms with Crippen molar-refractivity contribution >= 4 is 48.0 Å². The second-order valence-corrected chi connectivity index (χ2v) is 11.7. The quantitative estimate of drug-likeness (QED) is 0.275. The van der Waals surface area contributed by atoms with Crippen LogP contribution in [0.3, 0.4) is 0 Å². The van der Waals surface area contributed by atoms with Crippen LogP contribution >= 0.6 is 48.0 Å². The first-order valence-corrected chi connectivity index (χ1v) is 14.5. The van der Waals surface area contributed by atoms with E-state index in [1.807, 2.05) is 30.3 Å². The summed E-state index contributed by atoms with van der Waals surface area (Å²) in [6.07, 6.45) is 4.90. The zero-order valence-electron chi connectivity index (χ0n) is 23.0. The Kier molecular flexibility index (Phi) is 12.5. The number of benzene rings is 3. The maximum atomic E-state index is 11.3. The molecule has 2 saturated heterocycles. The van der Waals surface area contributed by atoms with Crippen molar-refractivity contribution in [3.8, 4) is 5.75 Å². The van der Waals surface area contributed by atoms with Crippen LogP contribution in [-0.2, 0) is 12.1 Å². The van der Waals surface area contributed by atoms with E-state index in [0.29, 0.717) is 22.0 Å². The second kappa shape index (κ2) is 15.1. The summed E-state index contributed by atoms with van der Waals surface area (Å²) >= 11 is 12.7. The molecule has 8 heteroatoms. The van der Waals surface area contributed by atoms with Crippen molar-refractivity contribution in [1.29, 1.82) is 0 Å². The zero-order chi connectivity index (χ0) is 26.5. The third-order valence-corrected chi connectivity index (χ3v) is 9.26. The van der Waals surface area contributed by atoms with Gasteiger partial charge >= 0.3 is 0 Å². The molecule has 1 N–H and O–H groups in total. The van der Waals surface area contributed by atoms with Crippen LogP contribution in [0.2, 0.25) is 10.0 Å². The molecule has 2 heterocycles. The summed E-state index contributed by atoms with van der Waals surface area (Å²) in [5.74, 6) is 1.30. The number of rotatable bonds is 8. The minimum absolute atomic E-state index is 0. The predicted molar refractivity (Wildman–Crippen MR) is 171 cm³/mol. The topological polar surface area (TPSA) is 35.9 Å². The summed E-state index contributed by atoms with van der Waals surface area (Å²) < 4.78 is 5.49. The fourth-order valence-electron chi connectivity index (χ4n) is 6.34. The number of hydrogen-bond acceptors (Lipinski definition) is 4. The summed E-state index contributed by atoms with van der Waals surface area (Å²) in [7, 11) is 1.72. The van der Waals surface area contributed by atoms with Gasteiger partial charge in [0.1, 0.15) is 5.75 Å². The van der Waals surface area contributed by atoms with Crippen molar-refractivity contribution < 1.29 is 9.84 Å². The van der Waals surface area contributed by atoms with E-state index >= 15 is 0 Å². The normalized spacial score (nSPS) is 21.2. The number of ether oxygens (including phenoxy) is 1. The van der Waals surface area contributed by atoms with Gasteiger partial charge in [0.15, 0.2) is 0 Å². The maximum absolute atomic E-state index is 11.3. The van der Waals surface area contributed by atoms with Gasteiger partial charge in [0, 0.05) is 25.7 Å². The van der Waals surface area contributed by atoms with E-state index in [0.717, 1.165) is 76.1 Å². The van der Waals surface area contributed by atoms with Crippen LogP contribution in [0.15, 0.2) is 72.8 Å². The van der Waals surface area contributed by atoms with Crippen molar-refractivity contribution in [3.05, 3.63) is 99.5 Å². The van der Waals surface area contributed by atoms with Crippen LogP contribution in [0.25, 0.3) is 0 Å². The van der Waals surface area contributed by atoms with Crippen molar-refractivity contribution in [1.82, 2.24) is 9.80 Å². The van der Waals surface area contributed by atoms with E-state index in [1.165, 1.54) is 11.1 Å². The molecule has 4 nitrogen and oxygen atoms in total. The van der Waals surface area contributed by atoms with Crippen molar-refractivity contribution in [2.45, 2.75) is 56.2 Å². The minimum Gasteiger partial charge on any atom is -0.497 e. The molecule has 0 aliphatic carbocycles. The number of aliphatic hydroxyl groups is 1. The van der Waals surface area contributed by atoms with Gasteiger partial charge in [-0.05, 0) is 92.1 Å². The highest BCUT2D eigenvalue weighted by Crippen LogP contribution is 2.39. The smallest absolute Gasteiger partial charge is 0.119 e. The molecule has 5 rings (SSSR count). The van der Waals surface area contributed by atoms with Crippen LogP contribution in [0.4, 0.5) is 0 Å². The lowest BCUT2D eigenvalue weighted by atomic mass is 9.81. The Morgan fingerprint density at radius 2 is 1.65 bits per heavy atom. The molecule has 2 atom stereocenters. The lowest BCUT2D eigenvalue weighted by Crippen LogP contribution is -2.47. The largest absolute Gasteiger partial charge is 0.497 e. The molecule has 2 aliphatic rings. The van der Waals surface area contributed by atoms with Crippen molar-refractivity contribution in [3.63, 3.8) is 0 Å². The highest BCUT2D eigenvalue weighted by atomic mass is 35.5. The molecule has 0 amide bonds. The fourth-order valence-corrected chi connectivity index (χ4v) is 6.65. The van der Waals surface area contributed by atoms with Crippen LogP contribution in [0.1, 0.15) is 54.7 Å². The van der Waals surface area contributed by atoms with Gasteiger partial charge in [0.2, 0.25) is 0 Å². The molecule has 2 aliphatic heterocycles. The summed E-state index contributed by atoms with van der Waals surface area (Å²) in [4.78, 5) is 5.18. The molecular formula is C32H40Cl4N2O2. The van der Waals surface area contributed by atoms with Gasteiger partial charge in [-0.15, -0.1) is 24.8 Å². The van der Waals surface area contributed by atoms with E-state index < -0.39 is 5.60 Å². The summed E-state index contributed by atoms with van der Waals surface area (Å²) in [6.45, 7) is 4.81. The predicted octanol–water partition coefficient (Wildman–Crippen LogP) is 7.97. The van der Waals surface area contributed by atoms with E-state index in [9.17, 15) is 5.11 Å². The van der Waals surface area contributed by atoms with E-state index in [4.69, 9.17) is 27.9 Å². The molecule has 2 fully saturated rings. The van der Waals surface area contributed by atoms with Gasteiger partial charge in [-0.25, -0.2) is 0 Å². The molecule has 0 bridgehead atoms. The summed E-state index contributed by atoms with van der Waals surface area (Å²) in [5, 5.41) is 12.5. The number of likely N-dealkylation sites (tertiary alicyclic amines) is 2. The lowest BCUT2D eigenvalue weighted by Gasteiger charge is -2.44. The average molecular weight is 626 g/mol. The number of piperidine rings is 2. The Labute approximate surface area is 261 Å². The molecule has 40 heavy (non-hydrogen) atoms. The Morgan fingerprint density at radius 3 is 2.35 bits per heavy atom. The van der Waals surface area contributed by atoms with E-state index in [1.54, 1.807) is 7.11 Å². The third kappa shape index (κ3) is 7.86. The Balaban J connectivity index is 0.00000220. The molecule has 0 saturated carbocycles. The standard InChI is InChI=1S/C32H38Cl2N2O2.2ClH/c1-38-27-10-5-7-24(21-27)23-36-17-6-11-28(25-12-13-29(33)30(34)22-25)31(36)14-18-35-19-15-32(37,16-20-35)26-8-3-2-4-9-26;;/h2-5,7-10,12-13,21-22,28,31,37H,6,11,14-20,23H2,1H3;2*1H. The Hall–Kier alpha value is -1.50. The van der Waals surface area contributed by atoms with E-state index in [-0.39, 0.29) is 24.8 Å². The molecule has 0 radical (unpaired) electrons. The maximum Gasteiger partial charge on any atom is 0.119 e. The summed E-state index contributed by atoms with van der Waals surface area (Å²) in [6, 6.07) is 25.1.